The molecule has 0 aliphatic rings. The van der Waals surface area contributed by atoms with E-state index in [9.17, 15) is 0 Å². The monoisotopic (exact) mass is 257 g/mol. The van der Waals surface area contributed by atoms with Gasteiger partial charge in [-0.2, -0.15) is 0 Å². The van der Waals surface area contributed by atoms with Crippen LogP contribution in [-0.4, -0.2) is 16.1 Å². The molecule has 19 heavy (non-hydrogen) atoms. The van der Waals surface area contributed by atoms with Crippen molar-refractivity contribution in [2.24, 2.45) is 12.8 Å². The first-order valence-corrected chi connectivity index (χ1v) is 6.80. The molecular formula is C16H23N3. The van der Waals surface area contributed by atoms with Crippen LogP contribution in [0.5, 0.6) is 0 Å². The number of benzene rings is 1. The molecule has 0 bridgehead atoms. The normalized spacial score (nSPS) is 11.0. The van der Waals surface area contributed by atoms with Gasteiger partial charge >= 0.3 is 0 Å². The first-order valence-electron chi connectivity index (χ1n) is 6.80. The lowest BCUT2D eigenvalue weighted by Crippen LogP contribution is -2.08. The summed E-state index contributed by atoms with van der Waals surface area (Å²) in [7, 11) is 2.07. The molecule has 0 aliphatic heterocycles. The minimum atomic E-state index is 0.646. The third-order valence-corrected chi connectivity index (χ3v) is 3.80. The van der Waals surface area contributed by atoms with Crippen LogP contribution < -0.4 is 5.73 Å². The van der Waals surface area contributed by atoms with Crippen LogP contribution in [0.3, 0.4) is 0 Å². The Morgan fingerprint density at radius 3 is 2.58 bits per heavy atom. The predicted molar refractivity (Wildman–Crippen MR) is 79.4 cm³/mol. The smallest absolute Gasteiger partial charge is 0.110 e. The van der Waals surface area contributed by atoms with Gasteiger partial charge in [0.15, 0.2) is 0 Å². The Morgan fingerprint density at radius 1 is 1.21 bits per heavy atom. The van der Waals surface area contributed by atoms with Crippen molar-refractivity contribution in [2.45, 2.75) is 33.6 Å². The van der Waals surface area contributed by atoms with Gasteiger partial charge in [0, 0.05) is 25.6 Å². The highest BCUT2D eigenvalue weighted by molar-refractivity contribution is 5.34. The number of hydrogen-bond donors (Lipinski definition) is 1. The Kier molecular flexibility index (Phi) is 4.05. The van der Waals surface area contributed by atoms with Gasteiger partial charge in [-0.1, -0.05) is 23.8 Å². The van der Waals surface area contributed by atoms with Crippen LogP contribution in [0.4, 0.5) is 0 Å². The van der Waals surface area contributed by atoms with Crippen molar-refractivity contribution in [3.8, 4) is 0 Å². The van der Waals surface area contributed by atoms with Crippen molar-refractivity contribution in [1.29, 1.82) is 0 Å². The fourth-order valence-electron chi connectivity index (χ4n) is 2.44. The lowest BCUT2D eigenvalue weighted by molar-refractivity contribution is 0.761. The summed E-state index contributed by atoms with van der Waals surface area (Å²) in [4.78, 5) is 4.74. The third-order valence-electron chi connectivity index (χ3n) is 3.80. The van der Waals surface area contributed by atoms with Crippen molar-refractivity contribution in [2.75, 3.05) is 6.54 Å². The number of nitrogens with two attached hydrogens (primary N) is 1. The molecule has 0 unspecified atom stereocenters. The Bertz CT molecular complexity index is 582. The van der Waals surface area contributed by atoms with E-state index in [-0.39, 0.29) is 0 Å². The summed E-state index contributed by atoms with van der Waals surface area (Å²) < 4.78 is 2.16. The molecule has 3 nitrogen and oxygen atoms in total. The number of imidazole rings is 1. The molecule has 0 fully saturated rings. The van der Waals surface area contributed by atoms with E-state index < -0.39 is 0 Å². The molecule has 1 heterocycles. The van der Waals surface area contributed by atoms with Gasteiger partial charge in [-0.25, -0.2) is 4.98 Å². The van der Waals surface area contributed by atoms with E-state index in [1.807, 2.05) is 0 Å². The second kappa shape index (κ2) is 5.57. The van der Waals surface area contributed by atoms with E-state index in [1.54, 1.807) is 0 Å². The molecule has 1 aromatic carbocycles. The van der Waals surface area contributed by atoms with E-state index in [0.717, 1.165) is 24.4 Å². The molecule has 2 N–H and O–H groups in total. The SMILES string of the molecule is Cc1ccc(Cc2nc(CCN)n(C)c2C)c(C)c1. The molecule has 3 heteroatoms. The van der Waals surface area contributed by atoms with Gasteiger partial charge in [0.1, 0.15) is 5.82 Å². The minimum Gasteiger partial charge on any atom is -0.335 e. The molecule has 0 atom stereocenters. The zero-order chi connectivity index (χ0) is 14.0. The van der Waals surface area contributed by atoms with E-state index in [2.05, 4.69) is 50.6 Å². The zero-order valence-corrected chi connectivity index (χ0v) is 12.3. The molecule has 0 radical (unpaired) electrons. The molecule has 0 saturated heterocycles. The maximum absolute atomic E-state index is 5.63. The molecule has 1 aromatic heterocycles. The average Bonchev–Trinajstić information content (AvgIpc) is 2.62. The number of aromatic nitrogens is 2. The summed E-state index contributed by atoms with van der Waals surface area (Å²) in [5.74, 6) is 1.08. The van der Waals surface area contributed by atoms with Crippen molar-refractivity contribution < 1.29 is 0 Å². The Labute approximate surface area is 115 Å². The second-order valence-electron chi connectivity index (χ2n) is 5.26. The highest BCUT2D eigenvalue weighted by Crippen LogP contribution is 2.18. The molecule has 0 amide bonds. The highest BCUT2D eigenvalue weighted by Gasteiger charge is 2.11. The quantitative estimate of drug-likeness (QED) is 0.914. The van der Waals surface area contributed by atoms with Crippen molar-refractivity contribution in [3.05, 3.63) is 52.1 Å². The maximum Gasteiger partial charge on any atom is 0.110 e. The first-order chi connectivity index (χ1) is 9.02. The van der Waals surface area contributed by atoms with Crippen LogP contribution >= 0.6 is 0 Å². The van der Waals surface area contributed by atoms with Crippen LogP contribution in [-0.2, 0) is 19.9 Å². The first kappa shape index (κ1) is 13.8. The number of rotatable bonds is 4. The van der Waals surface area contributed by atoms with E-state index in [4.69, 9.17) is 10.7 Å². The minimum absolute atomic E-state index is 0.646. The Morgan fingerprint density at radius 2 is 1.95 bits per heavy atom. The van der Waals surface area contributed by atoms with Crippen LogP contribution in [0, 0.1) is 20.8 Å². The fraction of sp³-hybridized carbons (Fsp3) is 0.438. The van der Waals surface area contributed by atoms with Gasteiger partial charge in [0.25, 0.3) is 0 Å². The van der Waals surface area contributed by atoms with Gasteiger partial charge in [-0.3, -0.25) is 0 Å². The molecule has 2 aromatic rings. The molecular weight excluding hydrogens is 234 g/mol. The maximum atomic E-state index is 5.63. The molecule has 0 aliphatic carbocycles. The molecule has 102 valence electrons. The lowest BCUT2D eigenvalue weighted by Gasteiger charge is -2.06. The standard InChI is InChI=1S/C16H23N3/c1-11-5-6-14(12(2)9-11)10-15-13(3)19(4)16(18-15)7-8-17/h5-6,9H,7-8,10,17H2,1-4H3. The molecule has 2 rings (SSSR count). The summed E-state index contributed by atoms with van der Waals surface area (Å²) in [6.45, 7) is 7.07. The largest absolute Gasteiger partial charge is 0.335 e. The van der Waals surface area contributed by atoms with Gasteiger partial charge in [0.2, 0.25) is 0 Å². The molecule has 0 spiro atoms. The predicted octanol–water partition coefficient (Wildman–Crippen LogP) is 2.44. The number of aryl methyl sites for hydroxylation is 2. The number of hydrogen-bond acceptors (Lipinski definition) is 2. The summed E-state index contributed by atoms with van der Waals surface area (Å²) in [6, 6.07) is 6.61. The van der Waals surface area contributed by atoms with E-state index >= 15 is 0 Å². The summed E-state index contributed by atoms with van der Waals surface area (Å²) in [5, 5.41) is 0. The van der Waals surface area contributed by atoms with Crippen LogP contribution in [0.1, 0.15) is 33.9 Å². The number of nitrogens with zero attached hydrogens (tertiary/aromatic N) is 2. The average molecular weight is 257 g/mol. The summed E-state index contributed by atoms with van der Waals surface area (Å²) in [5.41, 5.74) is 12.0. The van der Waals surface area contributed by atoms with E-state index in [0.29, 0.717) is 6.54 Å². The van der Waals surface area contributed by atoms with Crippen LogP contribution in [0.15, 0.2) is 18.2 Å². The summed E-state index contributed by atoms with van der Waals surface area (Å²) in [6.07, 6.45) is 1.74. The van der Waals surface area contributed by atoms with Gasteiger partial charge in [-0.15, -0.1) is 0 Å². The van der Waals surface area contributed by atoms with Gasteiger partial charge in [-0.05, 0) is 38.4 Å². The van der Waals surface area contributed by atoms with Gasteiger partial charge < -0.3 is 10.3 Å². The van der Waals surface area contributed by atoms with Crippen molar-refractivity contribution in [1.82, 2.24) is 9.55 Å². The van der Waals surface area contributed by atoms with Crippen molar-refractivity contribution in [3.63, 3.8) is 0 Å². The Hall–Kier alpha value is -1.61. The van der Waals surface area contributed by atoms with Gasteiger partial charge in [0.05, 0.1) is 5.69 Å². The zero-order valence-electron chi connectivity index (χ0n) is 12.3. The fourth-order valence-corrected chi connectivity index (χ4v) is 2.44. The topological polar surface area (TPSA) is 43.8 Å². The third kappa shape index (κ3) is 2.87. The lowest BCUT2D eigenvalue weighted by atomic mass is 10.0. The van der Waals surface area contributed by atoms with E-state index in [1.165, 1.54) is 22.4 Å². The van der Waals surface area contributed by atoms with Crippen LogP contribution in [0.2, 0.25) is 0 Å². The van der Waals surface area contributed by atoms with Crippen LogP contribution in [0.25, 0.3) is 0 Å². The van der Waals surface area contributed by atoms with Crippen molar-refractivity contribution >= 4 is 0 Å². The highest BCUT2D eigenvalue weighted by atomic mass is 15.1. The second-order valence-corrected chi connectivity index (χ2v) is 5.26. The summed E-state index contributed by atoms with van der Waals surface area (Å²) >= 11 is 0. The Balaban J connectivity index is 2.30. The molecule has 0 saturated carbocycles.